The Labute approximate surface area is 203 Å². The number of hydrogen-bond acceptors (Lipinski definition) is 5. The molecule has 1 aromatic heterocycles. The third kappa shape index (κ3) is 5.13. The number of nitrogens with zero attached hydrogens (tertiary/aromatic N) is 3. The monoisotopic (exact) mass is 478 g/mol. The molecule has 184 valence electrons. The number of para-hydroxylation sites is 1. The average Bonchev–Trinajstić information content (AvgIpc) is 3.31. The topological polar surface area (TPSA) is 109 Å². The summed E-state index contributed by atoms with van der Waals surface area (Å²) >= 11 is 0. The van der Waals surface area contributed by atoms with Crippen LogP contribution in [0.15, 0.2) is 48.7 Å². The number of amides is 2. The summed E-state index contributed by atoms with van der Waals surface area (Å²) in [5.41, 5.74) is 3.86. The lowest BCUT2D eigenvalue weighted by Gasteiger charge is -2.34. The number of hydrogen-bond donors (Lipinski definition) is 1. The fourth-order valence-electron chi connectivity index (χ4n) is 4.74. The molecule has 1 saturated heterocycles. The summed E-state index contributed by atoms with van der Waals surface area (Å²) < 4.78 is 5.06. The van der Waals surface area contributed by atoms with Gasteiger partial charge in [-0.3, -0.25) is 14.9 Å². The molecular weight excluding hydrogens is 448 g/mol. The van der Waals surface area contributed by atoms with E-state index in [9.17, 15) is 19.7 Å². The van der Waals surface area contributed by atoms with Crippen molar-refractivity contribution in [3.05, 3.63) is 75.5 Å². The first kappa shape index (κ1) is 24.3. The first-order chi connectivity index (χ1) is 16.9. The van der Waals surface area contributed by atoms with Crippen molar-refractivity contribution in [2.24, 2.45) is 0 Å². The van der Waals surface area contributed by atoms with Gasteiger partial charge in [0, 0.05) is 67.8 Å². The number of aromatic nitrogens is 1. The smallest absolute Gasteiger partial charge is 0.409 e. The molecule has 0 bridgehead atoms. The van der Waals surface area contributed by atoms with Crippen molar-refractivity contribution >= 4 is 28.6 Å². The van der Waals surface area contributed by atoms with Gasteiger partial charge < -0.3 is 19.5 Å². The molecule has 0 aliphatic carbocycles. The fourth-order valence-corrected chi connectivity index (χ4v) is 4.74. The van der Waals surface area contributed by atoms with Crippen LogP contribution in [0.2, 0.25) is 0 Å². The molecular formula is C26H30N4O5. The van der Waals surface area contributed by atoms with Crippen molar-refractivity contribution in [1.29, 1.82) is 0 Å². The zero-order chi connectivity index (χ0) is 24.9. The van der Waals surface area contributed by atoms with E-state index in [-0.39, 0.29) is 30.0 Å². The summed E-state index contributed by atoms with van der Waals surface area (Å²) in [7, 11) is 0. The second-order valence-electron chi connectivity index (χ2n) is 8.61. The number of carbonyl (C=O) groups excluding carboxylic acids is 2. The van der Waals surface area contributed by atoms with Gasteiger partial charge in [0.1, 0.15) is 0 Å². The van der Waals surface area contributed by atoms with Crippen LogP contribution in [0.3, 0.4) is 0 Å². The average molecular weight is 479 g/mol. The molecule has 0 saturated carbocycles. The van der Waals surface area contributed by atoms with E-state index in [1.165, 1.54) is 11.6 Å². The molecule has 4 rings (SSSR count). The maximum absolute atomic E-state index is 13.4. The molecule has 2 amide bonds. The summed E-state index contributed by atoms with van der Waals surface area (Å²) in [6, 6.07) is 12.6. The number of fused-ring (bicyclic) bond motifs is 1. The van der Waals surface area contributed by atoms with Gasteiger partial charge in [-0.25, -0.2) is 4.79 Å². The zero-order valence-electron chi connectivity index (χ0n) is 20.0. The highest BCUT2D eigenvalue weighted by Crippen LogP contribution is 2.36. The molecule has 0 spiro atoms. The summed E-state index contributed by atoms with van der Waals surface area (Å²) in [4.78, 5) is 43.2. The van der Waals surface area contributed by atoms with Gasteiger partial charge in [-0.05, 0) is 30.0 Å². The predicted molar refractivity (Wildman–Crippen MR) is 132 cm³/mol. The van der Waals surface area contributed by atoms with Gasteiger partial charge in [-0.15, -0.1) is 0 Å². The Balaban J connectivity index is 1.63. The van der Waals surface area contributed by atoms with Crippen LogP contribution < -0.4 is 0 Å². The van der Waals surface area contributed by atoms with Crippen molar-refractivity contribution in [1.82, 2.24) is 14.8 Å². The molecule has 9 heteroatoms. The molecule has 1 fully saturated rings. The lowest BCUT2D eigenvalue weighted by molar-refractivity contribution is -0.384. The standard InChI is InChI=1S/C26H30N4O5/c1-3-18-7-6-10-21-23(17-27-25(18)21)22(19-8-5-9-20(15-19)30(33)34)16-24(31)28-11-13-29(14-12-28)26(32)35-4-2/h5-10,15,17,22,27H,3-4,11-14,16H2,1-2H3/t22-/m1/s1. The van der Waals surface area contributed by atoms with E-state index >= 15 is 0 Å². The third-order valence-corrected chi connectivity index (χ3v) is 6.61. The Bertz CT molecular complexity index is 1230. The number of nitro benzene ring substituents is 1. The molecule has 2 aromatic carbocycles. The van der Waals surface area contributed by atoms with Gasteiger partial charge in [-0.1, -0.05) is 37.3 Å². The molecule has 1 atom stereocenters. The molecule has 0 unspecified atom stereocenters. The minimum Gasteiger partial charge on any atom is -0.450 e. The number of rotatable bonds is 7. The lowest BCUT2D eigenvalue weighted by atomic mass is 9.87. The molecule has 1 aliphatic rings. The Kier molecular flexibility index (Phi) is 7.33. The highest BCUT2D eigenvalue weighted by atomic mass is 16.6. The van der Waals surface area contributed by atoms with Crippen molar-refractivity contribution in [2.75, 3.05) is 32.8 Å². The number of non-ortho nitro benzene ring substituents is 1. The van der Waals surface area contributed by atoms with Crippen molar-refractivity contribution in [3.8, 4) is 0 Å². The second kappa shape index (κ2) is 10.6. The number of H-pyrrole nitrogens is 1. The molecule has 1 aliphatic heterocycles. The van der Waals surface area contributed by atoms with Gasteiger partial charge in [0.15, 0.2) is 0 Å². The van der Waals surface area contributed by atoms with E-state index in [1.54, 1.807) is 28.9 Å². The van der Waals surface area contributed by atoms with E-state index in [1.807, 2.05) is 24.4 Å². The Morgan fingerprint density at radius 1 is 1.09 bits per heavy atom. The highest BCUT2D eigenvalue weighted by molar-refractivity contribution is 5.88. The number of piperazine rings is 1. The first-order valence-electron chi connectivity index (χ1n) is 12.0. The van der Waals surface area contributed by atoms with E-state index < -0.39 is 4.92 Å². The molecule has 2 heterocycles. The summed E-state index contributed by atoms with van der Waals surface area (Å²) in [6.07, 6.45) is 2.59. The van der Waals surface area contributed by atoms with Crippen molar-refractivity contribution < 1.29 is 19.2 Å². The van der Waals surface area contributed by atoms with Crippen LogP contribution in [-0.4, -0.2) is 64.5 Å². The largest absolute Gasteiger partial charge is 0.450 e. The highest BCUT2D eigenvalue weighted by Gasteiger charge is 2.29. The predicted octanol–water partition coefficient (Wildman–Crippen LogP) is 4.46. The third-order valence-electron chi connectivity index (χ3n) is 6.61. The van der Waals surface area contributed by atoms with Gasteiger partial charge >= 0.3 is 6.09 Å². The minimum atomic E-state index is -0.415. The van der Waals surface area contributed by atoms with E-state index in [4.69, 9.17) is 4.74 Å². The number of benzene rings is 2. The molecule has 35 heavy (non-hydrogen) atoms. The van der Waals surface area contributed by atoms with Crippen LogP contribution >= 0.6 is 0 Å². The van der Waals surface area contributed by atoms with E-state index in [0.717, 1.165) is 28.5 Å². The number of nitro groups is 1. The van der Waals surface area contributed by atoms with Gasteiger partial charge in [0.05, 0.1) is 11.5 Å². The normalized spacial score (nSPS) is 14.7. The van der Waals surface area contributed by atoms with Crippen molar-refractivity contribution in [2.45, 2.75) is 32.6 Å². The number of aromatic amines is 1. The van der Waals surface area contributed by atoms with Crippen LogP contribution in [-0.2, 0) is 16.0 Å². The van der Waals surface area contributed by atoms with Crippen LogP contribution in [0.1, 0.15) is 42.9 Å². The minimum absolute atomic E-state index is 0.00270. The zero-order valence-corrected chi connectivity index (χ0v) is 20.0. The van der Waals surface area contributed by atoms with Crippen LogP contribution in [0.25, 0.3) is 10.9 Å². The van der Waals surface area contributed by atoms with Crippen LogP contribution in [0, 0.1) is 10.1 Å². The SMILES string of the molecule is CCOC(=O)N1CCN(C(=O)C[C@H](c2cccc([N+](=O)[O-])c2)c2c[nH]c3c(CC)cccc23)CC1. The first-order valence-corrected chi connectivity index (χ1v) is 12.0. The second-order valence-corrected chi connectivity index (χ2v) is 8.61. The molecule has 9 nitrogen and oxygen atoms in total. The van der Waals surface area contributed by atoms with Gasteiger partial charge in [0.2, 0.25) is 5.91 Å². The van der Waals surface area contributed by atoms with E-state index in [0.29, 0.717) is 32.8 Å². The lowest BCUT2D eigenvalue weighted by Crippen LogP contribution is -2.50. The van der Waals surface area contributed by atoms with E-state index in [2.05, 4.69) is 18.0 Å². The summed E-state index contributed by atoms with van der Waals surface area (Å²) in [6.45, 7) is 5.85. The number of aryl methyl sites for hydroxylation is 1. The molecule has 3 aromatic rings. The molecule has 0 radical (unpaired) electrons. The number of carbonyl (C=O) groups is 2. The number of nitrogens with one attached hydrogen (secondary N) is 1. The maximum atomic E-state index is 13.4. The van der Waals surface area contributed by atoms with Gasteiger partial charge in [-0.2, -0.15) is 0 Å². The van der Waals surface area contributed by atoms with Crippen LogP contribution in [0.4, 0.5) is 10.5 Å². The Hall–Kier alpha value is -3.88. The summed E-state index contributed by atoms with van der Waals surface area (Å²) in [5.74, 6) is -0.405. The quantitative estimate of drug-likeness (QED) is 0.398. The van der Waals surface area contributed by atoms with Gasteiger partial charge in [0.25, 0.3) is 5.69 Å². The van der Waals surface area contributed by atoms with Crippen LogP contribution in [0.5, 0.6) is 0 Å². The maximum Gasteiger partial charge on any atom is 0.409 e. The fraction of sp³-hybridized carbons (Fsp3) is 0.385. The number of ether oxygens (including phenoxy) is 1. The molecule has 1 N–H and O–H groups in total. The summed E-state index contributed by atoms with van der Waals surface area (Å²) in [5, 5.41) is 12.5. The Morgan fingerprint density at radius 2 is 1.80 bits per heavy atom. The Morgan fingerprint density at radius 3 is 2.49 bits per heavy atom. The van der Waals surface area contributed by atoms with Crippen molar-refractivity contribution in [3.63, 3.8) is 0 Å².